The number of nitrogens with zero attached hydrogens (tertiary/aromatic N) is 3. The summed E-state index contributed by atoms with van der Waals surface area (Å²) in [5.74, 6) is -0.609. The molecule has 0 aliphatic rings. The topological polar surface area (TPSA) is 88.6 Å². The predicted octanol–water partition coefficient (Wildman–Crippen LogP) is 2.87. The lowest BCUT2D eigenvalue weighted by Crippen LogP contribution is -2.41. The van der Waals surface area contributed by atoms with Crippen LogP contribution in [0.25, 0.3) is 0 Å². The molecule has 3 rings (SSSR count). The summed E-state index contributed by atoms with van der Waals surface area (Å²) in [5.41, 5.74) is -1.48. The number of hydrogen-bond donors (Lipinski definition) is 2. The first kappa shape index (κ1) is 21.9. The quantitative estimate of drug-likeness (QED) is 0.490. The lowest BCUT2D eigenvalue weighted by Gasteiger charge is -2.14. The Kier molecular flexibility index (Phi) is 6.00. The highest BCUT2D eigenvalue weighted by Crippen LogP contribution is 2.29. The molecule has 0 bridgehead atoms. The fourth-order valence-electron chi connectivity index (χ4n) is 2.85. The van der Waals surface area contributed by atoms with Gasteiger partial charge in [-0.1, -0.05) is 30.3 Å². The molecular weight excluding hydrogens is 413 g/mol. The fourth-order valence-corrected chi connectivity index (χ4v) is 2.85. The molecule has 0 saturated heterocycles. The summed E-state index contributed by atoms with van der Waals surface area (Å²) < 4.78 is 40.0. The Balaban J connectivity index is 2.06. The SMILES string of the molecule is Cn1c(O)c(C(=NCc2ccc(C(F)(F)F)cc2)Nc2ccccc2)c(=O)n(C)c1=O. The molecule has 1 aromatic heterocycles. The van der Waals surface area contributed by atoms with Crippen LogP contribution in [0.3, 0.4) is 0 Å². The van der Waals surface area contributed by atoms with E-state index in [1.54, 1.807) is 30.3 Å². The molecular formula is C21H19F3N4O3. The maximum Gasteiger partial charge on any atom is 0.416 e. The van der Waals surface area contributed by atoms with E-state index in [2.05, 4.69) is 10.3 Å². The molecule has 0 aliphatic carbocycles. The summed E-state index contributed by atoms with van der Waals surface area (Å²) in [6, 6.07) is 13.1. The van der Waals surface area contributed by atoms with E-state index in [1.807, 2.05) is 0 Å². The number of aromatic hydroxyl groups is 1. The van der Waals surface area contributed by atoms with Gasteiger partial charge in [-0.15, -0.1) is 0 Å². The number of alkyl halides is 3. The van der Waals surface area contributed by atoms with E-state index >= 15 is 0 Å². The highest BCUT2D eigenvalue weighted by atomic mass is 19.4. The van der Waals surface area contributed by atoms with Gasteiger partial charge in [0.1, 0.15) is 11.4 Å². The average Bonchev–Trinajstić information content (AvgIpc) is 2.75. The molecule has 162 valence electrons. The maximum absolute atomic E-state index is 12.8. The normalized spacial score (nSPS) is 12.1. The molecule has 2 aromatic carbocycles. The van der Waals surface area contributed by atoms with E-state index in [0.717, 1.165) is 21.3 Å². The maximum atomic E-state index is 12.8. The first-order valence-electron chi connectivity index (χ1n) is 9.11. The number of anilines is 1. The van der Waals surface area contributed by atoms with Gasteiger partial charge in [0.2, 0.25) is 5.88 Å². The standard InChI is InChI=1S/C21H19F3N4O3/c1-27-18(29)16(19(30)28(2)20(27)31)17(26-15-6-4-3-5-7-15)25-12-13-8-10-14(11-9-13)21(22,23)24/h3-11,29H,12H2,1-2H3,(H,25,26). The van der Waals surface area contributed by atoms with Gasteiger partial charge in [0.25, 0.3) is 5.56 Å². The smallest absolute Gasteiger partial charge is 0.416 e. The first-order valence-corrected chi connectivity index (χ1v) is 9.11. The Morgan fingerprint density at radius 3 is 2.19 bits per heavy atom. The van der Waals surface area contributed by atoms with Gasteiger partial charge >= 0.3 is 11.9 Å². The summed E-state index contributed by atoms with van der Waals surface area (Å²) in [6.07, 6.45) is -4.45. The van der Waals surface area contributed by atoms with Crippen molar-refractivity contribution in [1.29, 1.82) is 0 Å². The van der Waals surface area contributed by atoms with Crippen LogP contribution in [-0.4, -0.2) is 20.1 Å². The summed E-state index contributed by atoms with van der Waals surface area (Å²) >= 11 is 0. The molecule has 2 N–H and O–H groups in total. The summed E-state index contributed by atoms with van der Waals surface area (Å²) in [7, 11) is 2.57. The van der Waals surface area contributed by atoms with Crippen LogP contribution in [0.2, 0.25) is 0 Å². The zero-order chi connectivity index (χ0) is 22.8. The van der Waals surface area contributed by atoms with E-state index < -0.39 is 28.9 Å². The van der Waals surface area contributed by atoms with Gasteiger partial charge in [0.15, 0.2) is 0 Å². The Hall–Kier alpha value is -3.82. The lowest BCUT2D eigenvalue weighted by molar-refractivity contribution is -0.137. The number of benzene rings is 2. The average molecular weight is 432 g/mol. The molecule has 31 heavy (non-hydrogen) atoms. The number of aliphatic imine (C=N–C) groups is 1. The molecule has 0 unspecified atom stereocenters. The van der Waals surface area contributed by atoms with Crippen LogP contribution in [0.15, 0.2) is 69.2 Å². The van der Waals surface area contributed by atoms with Crippen LogP contribution in [0.5, 0.6) is 5.88 Å². The van der Waals surface area contributed by atoms with Crippen LogP contribution < -0.4 is 16.6 Å². The molecule has 7 nitrogen and oxygen atoms in total. The van der Waals surface area contributed by atoms with Crippen molar-refractivity contribution in [3.63, 3.8) is 0 Å². The molecule has 0 saturated carbocycles. The Labute approximate surface area is 174 Å². The van der Waals surface area contributed by atoms with E-state index in [9.17, 15) is 27.9 Å². The van der Waals surface area contributed by atoms with E-state index in [4.69, 9.17) is 0 Å². The Bertz CT molecular complexity index is 1230. The summed E-state index contributed by atoms with van der Waals surface area (Å²) in [6.45, 7) is -0.0707. The van der Waals surface area contributed by atoms with Crippen molar-refractivity contribution < 1.29 is 18.3 Å². The number of amidine groups is 1. The monoisotopic (exact) mass is 432 g/mol. The number of hydrogen-bond acceptors (Lipinski definition) is 4. The molecule has 0 fully saturated rings. The van der Waals surface area contributed by atoms with E-state index in [-0.39, 0.29) is 17.9 Å². The molecule has 1 heterocycles. The summed E-state index contributed by atoms with van der Waals surface area (Å²) in [4.78, 5) is 29.1. The number of para-hydroxylation sites is 1. The van der Waals surface area contributed by atoms with Crippen molar-refractivity contribution >= 4 is 11.5 Å². The Morgan fingerprint density at radius 1 is 1.00 bits per heavy atom. The van der Waals surface area contributed by atoms with Crippen LogP contribution in [0, 0.1) is 0 Å². The van der Waals surface area contributed by atoms with Crippen LogP contribution in [0.1, 0.15) is 16.7 Å². The van der Waals surface area contributed by atoms with Crippen molar-refractivity contribution in [2.24, 2.45) is 19.1 Å². The third-order valence-corrected chi connectivity index (χ3v) is 4.61. The van der Waals surface area contributed by atoms with Gasteiger partial charge < -0.3 is 10.4 Å². The van der Waals surface area contributed by atoms with E-state index in [0.29, 0.717) is 11.3 Å². The second kappa shape index (κ2) is 8.50. The number of aromatic nitrogens is 2. The molecule has 10 heteroatoms. The van der Waals surface area contributed by atoms with Gasteiger partial charge in [-0.3, -0.25) is 18.9 Å². The minimum absolute atomic E-state index is 0.0280. The predicted molar refractivity (Wildman–Crippen MR) is 110 cm³/mol. The minimum atomic E-state index is -4.45. The van der Waals surface area contributed by atoms with Gasteiger partial charge in [0.05, 0.1) is 12.1 Å². The number of rotatable bonds is 4. The molecule has 0 atom stereocenters. The minimum Gasteiger partial charge on any atom is -0.494 e. The van der Waals surface area contributed by atoms with Crippen molar-refractivity contribution in [3.8, 4) is 5.88 Å². The second-order valence-corrected chi connectivity index (χ2v) is 6.75. The number of halogens is 3. The van der Waals surface area contributed by atoms with Gasteiger partial charge in [-0.2, -0.15) is 13.2 Å². The first-order chi connectivity index (χ1) is 14.6. The summed E-state index contributed by atoms with van der Waals surface area (Å²) in [5, 5.41) is 13.4. The van der Waals surface area contributed by atoms with Crippen molar-refractivity contribution in [2.75, 3.05) is 5.32 Å². The lowest BCUT2D eigenvalue weighted by atomic mass is 10.1. The van der Waals surface area contributed by atoms with Gasteiger partial charge in [-0.25, -0.2) is 4.79 Å². The molecule has 0 aliphatic heterocycles. The highest BCUT2D eigenvalue weighted by molar-refractivity contribution is 6.09. The molecule has 0 spiro atoms. The molecule has 0 amide bonds. The largest absolute Gasteiger partial charge is 0.494 e. The van der Waals surface area contributed by atoms with Crippen molar-refractivity contribution in [1.82, 2.24) is 9.13 Å². The second-order valence-electron chi connectivity index (χ2n) is 6.75. The van der Waals surface area contributed by atoms with Crippen LogP contribution >= 0.6 is 0 Å². The zero-order valence-corrected chi connectivity index (χ0v) is 16.6. The van der Waals surface area contributed by atoms with Crippen LogP contribution in [-0.2, 0) is 26.8 Å². The third kappa shape index (κ3) is 4.68. The third-order valence-electron chi connectivity index (χ3n) is 4.61. The van der Waals surface area contributed by atoms with Crippen LogP contribution in [0.4, 0.5) is 18.9 Å². The van der Waals surface area contributed by atoms with Crippen molar-refractivity contribution in [3.05, 3.63) is 92.1 Å². The highest BCUT2D eigenvalue weighted by Gasteiger charge is 2.30. The molecule has 0 radical (unpaired) electrons. The fraction of sp³-hybridized carbons (Fsp3) is 0.190. The van der Waals surface area contributed by atoms with Gasteiger partial charge in [-0.05, 0) is 29.8 Å². The van der Waals surface area contributed by atoms with E-state index in [1.165, 1.54) is 26.2 Å². The van der Waals surface area contributed by atoms with Gasteiger partial charge in [0, 0.05) is 19.8 Å². The molecule has 3 aromatic rings. The van der Waals surface area contributed by atoms with Crippen molar-refractivity contribution in [2.45, 2.75) is 12.7 Å². The Morgan fingerprint density at radius 2 is 1.61 bits per heavy atom. The zero-order valence-electron chi connectivity index (χ0n) is 16.6. The number of nitrogens with one attached hydrogen (secondary N) is 1.